The summed E-state index contributed by atoms with van der Waals surface area (Å²) in [6.07, 6.45) is 0.392. The average molecular weight is 363 g/mol. The highest BCUT2D eigenvalue weighted by molar-refractivity contribution is 7.80. The molecule has 26 heavy (non-hydrogen) atoms. The predicted molar refractivity (Wildman–Crippen MR) is 103 cm³/mol. The van der Waals surface area contributed by atoms with Gasteiger partial charge in [0.1, 0.15) is 0 Å². The molecule has 2 N–H and O–H groups in total. The van der Waals surface area contributed by atoms with Gasteiger partial charge in [-0.2, -0.15) is 10.2 Å². The summed E-state index contributed by atoms with van der Waals surface area (Å²) in [5.41, 5.74) is 3.84. The molecule has 6 nitrogen and oxygen atoms in total. The molecule has 0 saturated carbocycles. The number of benzene rings is 2. The third kappa shape index (κ3) is 4.43. The Morgan fingerprint density at radius 3 is 2.69 bits per heavy atom. The van der Waals surface area contributed by atoms with Gasteiger partial charge in [0.25, 0.3) is 0 Å². The highest BCUT2D eigenvalue weighted by atomic mass is 32.1. The number of aromatic nitrogens is 2. The number of nitriles is 1. The fourth-order valence-corrected chi connectivity index (χ4v) is 2.58. The summed E-state index contributed by atoms with van der Waals surface area (Å²) in [6.45, 7) is 2.34. The Morgan fingerprint density at radius 1 is 1.19 bits per heavy atom. The lowest BCUT2D eigenvalue weighted by Gasteiger charge is -2.09. The Balaban J connectivity index is 1.55. The SMILES string of the molecule is Cc1ccccc1-c1noc(CNC(=S)Nc2ccc(CC#N)cc2)n1. The van der Waals surface area contributed by atoms with E-state index in [2.05, 4.69) is 26.8 Å². The maximum Gasteiger partial charge on any atom is 0.246 e. The topological polar surface area (TPSA) is 86.8 Å². The van der Waals surface area contributed by atoms with Crippen molar-refractivity contribution in [3.05, 3.63) is 65.5 Å². The van der Waals surface area contributed by atoms with Crippen molar-refractivity contribution in [1.29, 1.82) is 5.26 Å². The van der Waals surface area contributed by atoms with E-state index in [9.17, 15) is 0 Å². The lowest BCUT2D eigenvalue weighted by molar-refractivity contribution is 0.376. The van der Waals surface area contributed by atoms with Gasteiger partial charge in [0.15, 0.2) is 5.11 Å². The van der Waals surface area contributed by atoms with Crippen LogP contribution in [0.25, 0.3) is 11.4 Å². The third-order valence-corrected chi connectivity index (χ3v) is 4.00. The van der Waals surface area contributed by atoms with E-state index in [0.29, 0.717) is 29.8 Å². The quantitative estimate of drug-likeness (QED) is 0.670. The van der Waals surface area contributed by atoms with Crippen molar-refractivity contribution < 1.29 is 4.52 Å². The maximum absolute atomic E-state index is 8.69. The van der Waals surface area contributed by atoms with Crippen LogP contribution in [0.3, 0.4) is 0 Å². The molecule has 2 aromatic carbocycles. The van der Waals surface area contributed by atoms with Crippen LogP contribution in [0.2, 0.25) is 0 Å². The summed E-state index contributed by atoms with van der Waals surface area (Å²) in [5, 5.41) is 19.3. The second kappa shape index (κ2) is 8.23. The minimum absolute atomic E-state index is 0.331. The van der Waals surface area contributed by atoms with E-state index >= 15 is 0 Å². The molecule has 0 radical (unpaired) electrons. The van der Waals surface area contributed by atoms with Gasteiger partial charge in [0.05, 0.1) is 19.0 Å². The van der Waals surface area contributed by atoms with Crippen molar-refractivity contribution in [1.82, 2.24) is 15.5 Å². The molecule has 0 spiro atoms. The van der Waals surface area contributed by atoms with Crippen molar-refractivity contribution in [3.8, 4) is 17.5 Å². The molecule has 3 rings (SSSR count). The van der Waals surface area contributed by atoms with Gasteiger partial charge in [-0.25, -0.2) is 0 Å². The van der Waals surface area contributed by atoms with Crippen molar-refractivity contribution >= 4 is 23.0 Å². The molecule has 3 aromatic rings. The molecule has 130 valence electrons. The molecule has 0 bridgehead atoms. The monoisotopic (exact) mass is 363 g/mol. The molecule has 0 fully saturated rings. The van der Waals surface area contributed by atoms with Gasteiger partial charge >= 0.3 is 0 Å². The normalized spacial score (nSPS) is 10.2. The third-order valence-electron chi connectivity index (χ3n) is 3.75. The van der Waals surface area contributed by atoms with Crippen molar-refractivity contribution in [2.45, 2.75) is 19.9 Å². The van der Waals surface area contributed by atoms with Crippen LogP contribution in [0, 0.1) is 18.3 Å². The average Bonchev–Trinajstić information content (AvgIpc) is 3.11. The van der Waals surface area contributed by atoms with E-state index in [1.54, 1.807) is 0 Å². The molecular formula is C19H17N5OS. The highest BCUT2D eigenvalue weighted by Crippen LogP contribution is 2.19. The Labute approximate surface area is 156 Å². The number of rotatable bonds is 5. The van der Waals surface area contributed by atoms with Crippen LogP contribution in [0.1, 0.15) is 17.0 Å². The van der Waals surface area contributed by atoms with E-state index in [-0.39, 0.29) is 0 Å². The van der Waals surface area contributed by atoms with E-state index in [0.717, 1.165) is 22.4 Å². The number of thiocarbonyl (C=S) groups is 1. The van der Waals surface area contributed by atoms with E-state index in [4.69, 9.17) is 22.0 Å². The lowest BCUT2D eigenvalue weighted by atomic mass is 10.1. The van der Waals surface area contributed by atoms with Gasteiger partial charge in [-0.1, -0.05) is 41.6 Å². The lowest BCUT2D eigenvalue weighted by Crippen LogP contribution is -2.28. The first-order valence-corrected chi connectivity index (χ1v) is 8.46. The van der Waals surface area contributed by atoms with Gasteiger partial charge in [-0.3, -0.25) is 0 Å². The summed E-state index contributed by atoms with van der Waals surface area (Å²) < 4.78 is 5.28. The molecule has 0 atom stereocenters. The van der Waals surface area contributed by atoms with Gasteiger partial charge < -0.3 is 15.2 Å². The number of aryl methyl sites for hydroxylation is 1. The molecule has 0 aliphatic carbocycles. The van der Waals surface area contributed by atoms with Crippen LogP contribution >= 0.6 is 12.2 Å². The van der Waals surface area contributed by atoms with Gasteiger partial charge in [-0.15, -0.1) is 0 Å². The first-order valence-electron chi connectivity index (χ1n) is 8.05. The van der Waals surface area contributed by atoms with Crippen LogP contribution in [0.15, 0.2) is 53.1 Å². The summed E-state index contributed by atoms with van der Waals surface area (Å²) >= 11 is 5.28. The summed E-state index contributed by atoms with van der Waals surface area (Å²) in [5.74, 6) is 1.02. The van der Waals surface area contributed by atoms with E-state index in [1.807, 2.05) is 55.5 Å². The largest absolute Gasteiger partial charge is 0.353 e. The Kier molecular flexibility index (Phi) is 5.56. The van der Waals surface area contributed by atoms with Crippen LogP contribution in [-0.2, 0) is 13.0 Å². The van der Waals surface area contributed by atoms with Gasteiger partial charge in [0.2, 0.25) is 11.7 Å². The van der Waals surface area contributed by atoms with Crippen molar-refractivity contribution in [2.75, 3.05) is 5.32 Å². The number of nitrogens with zero attached hydrogens (tertiary/aromatic N) is 3. The zero-order valence-electron chi connectivity index (χ0n) is 14.2. The van der Waals surface area contributed by atoms with Gasteiger partial charge in [0, 0.05) is 11.3 Å². The molecule has 7 heteroatoms. The number of hydrogen-bond acceptors (Lipinski definition) is 5. The van der Waals surface area contributed by atoms with Crippen LogP contribution in [0.4, 0.5) is 5.69 Å². The second-order valence-corrected chi connectivity index (χ2v) is 6.07. The number of nitrogens with one attached hydrogen (secondary N) is 2. The molecule has 0 amide bonds. The number of hydrogen-bond donors (Lipinski definition) is 2. The molecule has 0 saturated heterocycles. The van der Waals surface area contributed by atoms with Crippen LogP contribution < -0.4 is 10.6 Å². The summed E-state index contributed by atoms with van der Waals surface area (Å²) in [6, 6.07) is 17.5. The zero-order chi connectivity index (χ0) is 18.4. The minimum atomic E-state index is 0.331. The Hall–Kier alpha value is -3.24. The number of anilines is 1. The molecule has 0 aliphatic rings. The molecule has 1 aromatic heterocycles. The fourth-order valence-electron chi connectivity index (χ4n) is 2.39. The fraction of sp³-hybridized carbons (Fsp3) is 0.158. The molecule has 0 unspecified atom stereocenters. The second-order valence-electron chi connectivity index (χ2n) is 5.67. The van der Waals surface area contributed by atoms with E-state index in [1.165, 1.54) is 0 Å². The predicted octanol–water partition coefficient (Wildman–Crippen LogP) is 3.60. The smallest absolute Gasteiger partial charge is 0.246 e. The summed E-state index contributed by atoms with van der Waals surface area (Å²) in [7, 11) is 0. The van der Waals surface area contributed by atoms with Crippen LogP contribution in [-0.4, -0.2) is 15.3 Å². The van der Waals surface area contributed by atoms with Crippen molar-refractivity contribution in [2.24, 2.45) is 0 Å². The minimum Gasteiger partial charge on any atom is -0.353 e. The van der Waals surface area contributed by atoms with Crippen molar-refractivity contribution in [3.63, 3.8) is 0 Å². The Morgan fingerprint density at radius 2 is 1.96 bits per heavy atom. The standard InChI is InChI=1S/C19H17N5OS/c1-13-4-2-3-5-16(13)18-23-17(25-24-18)12-21-19(26)22-15-8-6-14(7-9-15)10-11-20/h2-9H,10,12H2,1H3,(H2,21,22,26). The molecular weight excluding hydrogens is 346 g/mol. The maximum atomic E-state index is 8.69. The van der Waals surface area contributed by atoms with Gasteiger partial charge in [-0.05, 0) is 42.4 Å². The van der Waals surface area contributed by atoms with E-state index < -0.39 is 0 Å². The Bertz CT molecular complexity index is 943. The first kappa shape index (κ1) is 17.6. The highest BCUT2D eigenvalue weighted by Gasteiger charge is 2.10. The molecule has 0 aliphatic heterocycles. The summed E-state index contributed by atoms with van der Waals surface area (Å²) in [4.78, 5) is 4.39. The first-order chi connectivity index (χ1) is 12.7. The molecule has 1 heterocycles. The zero-order valence-corrected chi connectivity index (χ0v) is 15.0. The van der Waals surface area contributed by atoms with Crippen LogP contribution in [0.5, 0.6) is 0 Å².